The summed E-state index contributed by atoms with van der Waals surface area (Å²) >= 11 is 12.9. The monoisotopic (exact) mass is 552 g/mol. The van der Waals surface area contributed by atoms with E-state index in [1.54, 1.807) is 41.3 Å². The lowest BCUT2D eigenvalue weighted by Crippen LogP contribution is -2.55. The number of hydroxylamine groups is 1. The second-order valence-electron chi connectivity index (χ2n) is 9.86. The number of carbonyl (C=O) groups excluding carboxylic acids is 2. The quantitative estimate of drug-likeness (QED) is 0.284. The fourth-order valence-corrected chi connectivity index (χ4v) is 6.21. The Morgan fingerprint density at radius 3 is 2.47 bits per heavy atom. The first kappa shape index (κ1) is 26.7. The van der Waals surface area contributed by atoms with Crippen molar-refractivity contribution in [3.8, 4) is 0 Å². The predicted octanol–water partition coefficient (Wildman–Crippen LogP) is 5.87. The van der Waals surface area contributed by atoms with Gasteiger partial charge in [-0.3, -0.25) is 14.4 Å². The van der Waals surface area contributed by atoms with E-state index in [1.165, 1.54) is 0 Å². The van der Waals surface area contributed by atoms with Crippen molar-refractivity contribution in [3.63, 3.8) is 0 Å². The van der Waals surface area contributed by atoms with Gasteiger partial charge in [0, 0.05) is 15.6 Å². The number of aliphatic hydroxyl groups excluding tert-OH is 1. The highest BCUT2D eigenvalue weighted by Gasteiger charge is 2.49. The van der Waals surface area contributed by atoms with Crippen LogP contribution < -0.4 is 5.48 Å². The van der Waals surface area contributed by atoms with Gasteiger partial charge >= 0.3 is 0 Å². The van der Waals surface area contributed by atoms with E-state index >= 15 is 0 Å². The molecule has 1 heterocycles. The van der Waals surface area contributed by atoms with Crippen LogP contribution in [0.5, 0.6) is 0 Å². The van der Waals surface area contributed by atoms with Crippen molar-refractivity contribution >= 4 is 35.0 Å². The molecule has 3 aromatic carbocycles. The molecule has 0 unspecified atom stereocenters. The van der Waals surface area contributed by atoms with Crippen LogP contribution in [0.25, 0.3) is 0 Å². The van der Waals surface area contributed by atoms with Gasteiger partial charge < -0.3 is 10.0 Å². The number of nitrogens with zero attached hydrogens (tertiary/aromatic N) is 1. The number of hydrogen-bond donors (Lipinski definition) is 2. The van der Waals surface area contributed by atoms with Crippen molar-refractivity contribution < 1.29 is 19.5 Å². The molecule has 0 bridgehead atoms. The summed E-state index contributed by atoms with van der Waals surface area (Å²) in [5.74, 6) is -1.42. The average molecular weight is 553 g/mol. The number of carbonyl (C=O) groups is 2. The van der Waals surface area contributed by atoms with Crippen molar-refractivity contribution in [3.05, 3.63) is 105 Å². The molecule has 38 heavy (non-hydrogen) atoms. The van der Waals surface area contributed by atoms with Crippen LogP contribution in [-0.4, -0.2) is 40.6 Å². The first-order valence-electron chi connectivity index (χ1n) is 13.0. The molecule has 0 spiro atoms. The third-order valence-corrected chi connectivity index (χ3v) is 8.06. The number of rotatable bonds is 7. The maximum absolute atomic E-state index is 14.0. The Bertz CT molecular complexity index is 1300. The summed E-state index contributed by atoms with van der Waals surface area (Å²) in [5.41, 5.74) is 5.37. The zero-order chi connectivity index (χ0) is 26.6. The fourth-order valence-electron chi connectivity index (χ4n) is 5.69. The minimum atomic E-state index is -0.812. The fraction of sp³-hybridized carbons (Fsp3) is 0.333. The minimum absolute atomic E-state index is 0.225. The Morgan fingerprint density at radius 2 is 1.71 bits per heavy atom. The van der Waals surface area contributed by atoms with Crippen LogP contribution in [0, 0.1) is 0 Å². The highest BCUT2D eigenvalue weighted by Crippen LogP contribution is 2.47. The summed E-state index contributed by atoms with van der Waals surface area (Å²) in [6.45, 7) is 0.292. The van der Waals surface area contributed by atoms with E-state index < -0.39 is 24.1 Å². The van der Waals surface area contributed by atoms with Gasteiger partial charge in [-0.25, -0.2) is 5.48 Å². The van der Waals surface area contributed by atoms with E-state index in [-0.39, 0.29) is 11.8 Å². The second kappa shape index (κ2) is 11.9. The van der Waals surface area contributed by atoms with Gasteiger partial charge in [-0.05, 0) is 54.2 Å². The molecule has 3 aromatic rings. The lowest BCUT2D eigenvalue weighted by molar-refractivity contribution is -0.137. The first-order valence-corrected chi connectivity index (χ1v) is 13.7. The summed E-state index contributed by atoms with van der Waals surface area (Å²) < 4.78 is 0. The molecule has 1 saturated carbocycles. The molecule has 0 aromatic heterocycles. The van der Waals surface area contributed by atoms with Crippen LogP contribution in [0.2, 0.25) is 10.0 Å². The molecule has 4 atom stereocenters. The van der Waals surface area contributed by atoms with E-state index in [0.717, 1.165) is 18.4 Å². The Morgan fingerprint density at radius 1 is 0.974 bits per heavy atom. The van der Waals surface area contributed by atoms with E-state index in [2.05, 4.69) is 5.48 Å². The summed E-state index contributed by atoms with van der Waals surface area (Å²) in [6, 6.07) is 20.9. The standard InChI is InChI=1S/C30H30Cl2N2O4/c31-20-14-15-23(24(32)18-20)28-27(29(36)33-38-17-16-19-8-2-1-3-9-19)21-10-4-5-11-22(21)30(37)34(28)25-12-6-7-13-26(25)35/h1-5,8-11,14-15,18,25-28,35H,6-7,12-13,16-17H2,(H,33,36)/t25-,26-,27+,28-/m0/s1. The molecule has 2 amide bonds. The van der Waals surface area contributed by atoms with E-state index in [0.29, 0.717) is 52.6 Å². The lowest BCUT2D eigenvalue weighted by Gasteiger charge is -2.48. The van der Waals surface area contributed by atoms with Gasteiger partial charge in [0.15, 0.2) is 0 Å². The molecule has 5 rings (SSSR count). The van der Waals surface area contributed by atoms with Gasteiger partial charge in [0.2, 0.25) is 0 Å². The zero-order valence-electron chi connectivity index (χ0n) is 20.9. The first-order chi connectivity index (χ1) is 18.5. The second-order valence-corrected chi connectivity index (χ2v) is 10.7. The van der Waals surface area contributed by atoms with E-state index in [1.807, 2.05) is 36.4 Å². The molecule has 1 aliphatic heterocycles. The van der Waals surface area contributed by atoms with E-state index in [9.17, 15) is 14.7 Å². The number of hydrogen-bond acceptors (Lipinski definition) is 4. The van der Waals surface area contributed by atoms with Gasteiger partial charge in [-0.2, -0.15) is 0 Å². The highest BCUT2D eigenvalue weighted by molar-refractivity contribution is 6.35. The number of fused-ring (bicyclic) bond motifs is 1. The molecule has 6 nitrogen and oxygen atoms in total. The summed E-state index contributed by atoms with van der Waals surface area (Å²) in [4.78, 5) is 35.1. The predicted molar refractivity (Wildman–Crippen MR) is 147 cm³/mol. The molecule has 198 valence electrons. The largest absolute Gasteiger partial charge is 0.391 e. The average Bonchev–Trinajstić information content (AvgIpc) is 2.92. The molecule has 0 saturated heterocycles. The molecule has 1 aliphatic carbocycles. The van der Waals surface area contributed by atoms with Gasteiger partial charge in [-0.15, -0.1) is 0 Å². The van der Waals surface area contributed by atoms with Crippen LogP contribution in [0.1, 0.15) is 64.7 Å². The van der Waals surface area contributed by atoms with Gasteiger partial charge in [-0.1, -0.05) is 90.6 Å². The lowest BCUT2D eigenvalue weighted by atomic mass is 9.77. The van der Waals surface area contributed by atoms with Gasteiger partial charge in [0.05, 0.1) is 30.7 Å². The van der Waals surface area contributed by atoms with Crippen molar-refractivity contribution in [1.82, 2.24) is 10.4 Å². The number of amides is 2. The molecular formula is C30H30Cl2N2O4. The maximum Gasteiger partial charge on any atom is 0.255 e. The molecule has 2 aliphatic rings. The zero-order valence-corrected chi connectivity index (χ0v) is 22.4. The molecule has 2 N–H and O–H groups in total. The molecule has 8 heteroatoms. The van der Waals surface area contributed by atoms with Crippen molar-refractivity contribution in [2.45, 2.75) is 56.2 Å². The number of aliphatic hydroxyl groups is 1. The Labute approximate surface area is 232 Å². The van der Waals surface area contributed by atoms with E-state index in [4.69, 9.17) is 28.0 Å². The van der Waals surface area contributed by atoms with Crippen LogP contribution in [0.4, 0.5) is 0 Å². The number of nitrogens with one attached hydrogen (secondary N) is 1. The van der Waals surface area contributed by atoms with Crippen molar-refractivity contribution in [2.24, 2.45) is 0 Å². The highest BCUT2D eigenvalue weighted by atomic mass is 35.5. The summed E-state index contributed by atoms with van der Waals surface area (Å²) in [7, 11) is 0. The normalized spacial score (nSPS) is 23.1. The Kier molecular flexibility index (Phi) is 8.34. The minimum Gasteiger partial charge on any atom is -0.391 e. The summed E-state index contributed by atoms with van der Waals surface area (Å²) in [6.07, 6.45) is 2.94. The van der Waals surface area contributed by atoms with Crippen LogP contribution in [0.15, 0.2) is 72.8 Å². The van der Waals surface area contributed by atoms with Crippen LogP contribution in [0.3, 0.4) is 0 Å². The maximum atomic E-state index is 14.0. The van der Waals surface area contributed by atoms with Crippen LogP contribution >= 0.6 is 23.2 Å². The number of benzene rings is 3. The third kappa shape index (κ3) is 5.45. The SMILES string of the molecule is O=C(NOCCc1ccccc1)[C@@H]1c2ccccc2C(=O)N([C@H]2CCCC[C@@H]2O)[C@H]1c1ccc(Cl)cc1Cl. The molecule has 1 fully saturated rings. The Hall–Kier alpha value is -2.90. The number of halogens is 2. The Balaban J connectivity index is 1.52. The van der Waals surface area contributed by atoms with Gasteiger partial charge in [0.25, 0.3) is 11.8 Å². The smallest absolute Gasteiger partial charge is 0.255 e. The third-order valence-electron chi connectivity index (χ3n) is 7.50. The van der Waals surface area contributed by atoms with Crippen LogP contribution in [-0.2, 0) is 16.1 Å². The molecule has 0 radical (unpaired) electrons. The van der Waals surface area contributed by atoms with Crippen molar-refractivity contribution in [2.75, 3.05) is 6.61 Å². The molecular weight excluding hydrogens is 523 g/mol. The van der Waals surface area contributed by atoms with Crippen molar-refractivity contribution in [1.29, 1.82) is 0 Å². The topological polar surface area (TPSA) is 78.9 Å². The summed E-state index contributed by atoms with van der Waals surface area (Å²) in [5, 5.41) is 11.8. The van der Waals surface area contributed by atoms with Gasteiger partial charge in [0.1, 0.15) is 0 Å².